The zero-order valence-corrected chi connectivity index (χ0v) is 10.6. The lowest BCUT2D eigenvalue weighted by atomic mass is 10.4. The molecule has 0 aliphatic carbocycles. The van der Waals surface area contributed by atoms with E-state index in [1.807, 2.05) is 20.8 Å². The van der Waals surface area contributed by atoms with Gasteiger partial charge in [-0.2, -0.15) is 5.10 Å². The highest BCUT2D eigenvalue weighted by Crippen LogP contribution is 2.25. The quantitative estimate of drug-likeness (QED) is 0.868. The highest BCUT2D eigenvalue weighted by atomic mass is 79.9. The number of nitrogens with two attached hydrogens (primary N) is 1. The van der Waals surface area contributed by atoms with Gasteiger partial charge in [0.25, 0.3) is 0 Å². The van der Waals surface area contributed by atoms with Gasteiger partial charge >= 0.3 is 0 Å². The van der Waals surface area contributed by atoms with Crippen LogP contribution in [0.5, 0.6) is 0 Å². The minimum absolute atomic E-state index is 0.101. The second-order valence-electron chi connectivity index (χ2n) is 3.67. The fourth-order valence-electron chi connectivity index (χ4n) is 1.19. The normalized spacial score (nSPS) is 10.7. The molecule has 1 heterocycles. The molecule has 3 N–H and O–H groups in total. The van der Waals surface area contributed by atoms with Crippen LogP contribution in [0.4, 0.5) is 5.82 Å². The van der Waals surface area contributed by atoms with Crippen molar-refractivity contribution in [3.63, 3.8) is 0 Å². The van der Waals surface area contributed by atoms with Gasteiger partial charge in [-0.05, 0) is 36.7 Å². The van der Waals surface area contributed by atoms with Crippen LogP contribution in [0, 0.1) is 6.92 Å². The van der Waals surface area contributed by atoms with Crippen LogP contribution in [-0.2, 0) is 11.3 Å². The van der Waals surface area contributed by atoms with E-state index in [4.69, 9.17) is 5.73 Å². The Bertz CT molecular complexity index is 372. The molecule has 1 aromatic rings. The minimum atomic E-state index is -0.399. The first-order chi connectivity index (χ1) is 6.91. The summed E-state index contributed by atoms with van der Waals surface area (Å²) in [6.07, 6.45) is 0. The van der Waals surface area contributed by atoms with Gasteiger partial charge in [0, 0.05) is 6.04 Å². The van der Waals surface area contributed by atoms with Crippen LogP contribution in [0.1, 0.15) is 19.5 Å². The molecule has 84 valence electrons. The summed E-state index contributed by atoms with van der Waals surface area (Å²) in [7, 11) is 0. The standard InChI is InChI=1S/C9H15BrN4O/c1-5(2)12-9-8(10)6(3)14(13-9)4-7(11)15/h5H,4H2,1-3H3,(H2,11,15)(H,12,13). The molecule has 0 saturated carbocycles. The number of halogens is 1. The van der Waals surface area contributed by atoms with Crippen molar-refractivity contribution in [2.75, 3.05) is 5.32 Å². The third-order valence-electron chi connectivity index (χ3n) is 1.86. The van der Waals surface area contributed by atoms with Gasteiger partial charge in [0.1, 0.15) is 6.54 Å². The Kier molecular flexibility index (Phi) is 3.73. The fraction of sp³-hybridized carbons (Fsp3) is 0.556. The lowest BCUT2D eigenvalue weighted by molar-refractivity contribution is -0.118. The Morgan fingerprint density at radius 2 is 2.27 bits per heavy atom. The molecule has 0 radical (unpaired) electrons. The average Bonchev–Trinajstić information content (AvgIpc) is 2.32. The maximum absolute atomic E-state index is 10.8. The fourth-order valence-corrected chi connectivity index (χ4v) is 1.59. The summed E-state index contributed by atoms with van der Waals surface area (Å²) in [5, 5.41) is 7.42. The van der Waals surface area contributed by atoms with Crippen molar-refractivity contribution in [1.82, 2.24) is 9.78 Å². The van der Waals surface area contributed by atoms with Gasteiger partial charge in [-0.1, -0.05) is 0 Å². The summed E-state index contributed by atoms with van der Waals surface area (Å²) in [4.78, 5) is 10.8. The summed E-state index contributed by atoms with van der Waals surface area (Å²) < 4.78 is 2.45. The number of amides is 1. The maximum Gasteiger partial charge on any atom is 0.239 e. The first-order valence-corrected chi connectivity index (χ1v) is 5.49. The zero-order valence-electron chi connectivity index (χ0n) is 9.04. The first-order valence-electron chi connectivity index (χ1n) is 4.69. The number of carbonyl (C=O) groups excluding carboxylic acids is 1. The highest BCUT2D eigenvalue weighted by molar-refractivity contribution is 9.10. The number of hydrogen-bond donors (Lipinski definition) is 2. The van der Waals surface area contributed by atoms with E-state index in [9.17, 15) is 4.79 Å². The molecule has 0 aromatic carbocycles. The van der Waals surface area contributed by atoms with Gasteiger partial charge in [-0.15, -0.1) is 0 Å². The smallest absolute Gasteiger partial charge is 0.239 e. The van der Waals surface area contributed by atoms with E-state index in [-0.39, 0.29) is 12.6 Å². The van der Waals surface area contributed by atoms with Gasteiger partial charge in [0.2, 0.25) is 5.91 Å². The zero-order chi connectivity index (χ0) is 11.6. The predicted molar refractivity (Wildman–Crippen MR) is 62.6 cm³/mol. The van der Waals surface area contributed by atoms with Crippen LogP contribution in [0.2, 0.25) is 0 Å². The van der Waals surface area contributed by atoms with E-state index < -0.39 is 5.91 Å². The van der Waals surface area contributed by atoms with E-state index >= 15 is 0 Å². The molecule has 0 aliphatic rings. The molecule has 0 spiro atoms. The number of primary amides is 1. The molecule has 0 atom stereocenters. The summed E-state index contributed by atoms with van der Waals surface area (Å²) in [6.45, 7) is 6.03. The Labute approximate surface area is 97.1 Å². The summed E-state index contributed by atoms with van der Waals surface area (Å²) in [5.41, 5.74) is 6.00. The molecule has 5 nitrogen and oxygen atoms in total. The molecule has 0 unspecified atom stereocenters. The second-order valence-corrected chi connectivity index (χ2v) is 4.46. The average molecular weight is 275 g/mol. The Morgan fingerprint density at radius 3 is 2.73 bits per heavy atom. The van der Waals surface area contributed by atoms with E-state index in [1.165, 1.54) is 0 Å². The third kappa shape index (κ3) is 2.95. The molecular weight excluding hydrogens is 260 g/mol. The van der Waals surface area contributed by atoms with Crippen molar-refractivity contribution in [3.05, 3.63) is 10.2 Å². The largest absolute Gasteiger partial charge is 0.368 e. The van der Waals surface area contributed by atoms with Crippen LogP contribution >= 0.6 is 15.9 Å². The van der Waals surface area contributed by atoms with Gasteiger partial charge < -0.3 is 11.1 Å². The van der Waals surface area contributed by atoms with Crippen molar-refractivity contribution in [2.45, 2.75) is 33.4 Å². The summed E-state index contributed by atoms with van der Waals surface area (Å²) in [6, 6.07) is 0.289. The lowest BCUT2D eigenvalue weighted by Crippen LogP contribution is -2.20. The Balaban J connectivity index is 2.95. The molecule has 0 aliphatic heterocycles. The van der Waals surface area contributed by atoms with Crippen molar-refractivity contribution >= 4 is 27.7 Å². The number of aromatic nitrogens is 2. The number of carbonyl (C=O) groups is 1. The van der Waals surface area contributed by atoms with Crippen molar-refractivity contribution in [2.24, 2.45) is 5.73 Å². The second kappa shape index (κ2) is 4.65. The SMILES string of the molecule is Cc1c(Br)c(NC(C)C)nn1CC(N)=O. The number of nitrogens with one attached hydrogen (secondary N) is 1. The number of anilines is 1. The summed E-state index contributed by atoms with van der Waals surface area (Å²) in [5.74, 6) is 0.341. The lowest BCUT2D eigenvalue weighted by Gasteiger charge is -2.06. The van der Waals surface area contributed by atoms with E-state index in [1.54, 1.807) is 4.68 Å². The molecule has 1 rings (SSSR count). The van der Waals surface area contributed by atoms with Crippen LogP contribution < -0.4 is 11.1 Å². The third-order valence-corrected chi connectivity index (χ3v) is 2.81. The summed E-state index contributed by atoms with van der Waals surface area (Å²) >= 11 is 3.42. The maximum atomic E-state index is 10.8. The van der Waals surface area contributed by atoms with E-state index in [2.05, 4.69) is 26.3 Å². The molecular formula is C9H15BrN4O. The van der Waals surface area contributed by atoms with E-state index in [0.29, 0.717) is 0 Å². The minimum Gasteiger partial charge on any atom is -0.368 e. The molecule has 15 heavy (non-hydrogen) atoms. The van der Waals surface area contributed by atoms with Gasteiger partial charge in [0.15, 0.2) is 5.82 Å². The first kappa shape index (κ1) is 12.0. The number of hydrogen-bond acceptors (Lipinski definition) is 3. The molecule has 1 aromatic heterocycles. The van der Waals surface area contributed by atoms with Crippen molar-refractivity contribution in [3.8, 4) is 0 Å². The topological polar surface area (TPSA) is 72.9 Å². The molecule has 6 heteroatoms. The van der Waals surface area contributed by atoms with Gasteiger partial charge in [-0.25, -0.2) is 0 Å². The predicted octanol–water partition coefficient (Wildman–Crippen LogP) is 1.26. The van der Waals surface area contributed by atoms with Crippen LogP contribution in [-0.4, -0.2) is 21.7 Å². The molecule has 1 amide bonds. The van der Waals surface area contributed by atoms with Crippen molar-refractivity contribution < 1.29 is 4.79 Å². The Morgan fingerprint density at radius 1 is 1.67 bits per heavy atom. The monoisotopic (exact) mass is 274 g/mol. The molecule has 0 saturated heterocycles. The molecule has 0 fully saturated rings. The van der Waals surface area contributed by atoms with Crippen LogP contribution in [0.25, 0.3) is 0 Å². The highest BCUT2D eigenvalue weighted by Gasteiger charge is 2.13. The van der Waals surface area contributed by atoms with E-state index in [0.717, 1.165) is 16.0 Å². The Hall–Kier alpha value is -1.04. The van der Waals surface area contributed by atoms with Crippen LogP contribution in [0.3, 0.4) is 0 Å². The molecule has 0 bridgehead atoms. The number of rotatable bonds is 4. The van der Waals surface area contributed by atoms with Crippen LogP contribution in [0.15, 0.2) is 4.47 Å². The number of nitrogens with zero attached hydrogens (tertiary/aromatic N) is 2. The van der Waals surface area contributed by atoms with Gasteiger partial charge in [-0.3, -0.25) is 9.48 Å². The van der Waals surface area contributed by atoms with Crippen molar-refractivity contribution in [1.29, 1.82) is 0 Å². The van der Waals surface area contributed by atoms with Gasteiger partial charge in [0.05, 0.1) is 10.2 Å².